The van der Waals surface area contributed by atoms with Gasteiger partial charge in [0.15, 0.2) is 0 Å². The summed E-state index contributed by atoms with van der Waals surface area (Å²) >= 11 is 6.06. The van der Waals surface area contributed by atoms with E-state index in [9.17, 15) is 13.2 Å². The van der Waals surface area contributed by atoms with Crippen molar-refractivity contribution >= 4 is 38.9 Å². The molecule has 0 spiro atoms. The Morgan fingerprint density at radius 3 is 2.32 bits per heavy atom. The van der Waals surface area contributed by atoms with Crippen LogP contribution in [-0.4, -0.2) is 38.3 Å². The van der Waals surface area contributed by atoms with Crippen LogP contribution in [0.15, 0.2) is 47.4 Å². The van der Waals surface area contributed by atoms with Gasteiger partial charge < -0.3 is 10.6 Å². The van der Waals surface area contributed by atoms with Crippen LogP contribution in [0, 0.1) is 6.92 Å². The third-order valence-corrected chi connectivity index (χ3v) is 7.04. The molecule has 6 nitrogen and oxygen atoms in total. The van der Waals surface area contributed by atoms with Crippen molar-refractivity contribution in [3.63, 3.8) is 0 Å². The number of aryl methyl sites for hydroxylation is 1. The van der Waals surface area contributed by atoms with Crippen LogP contribution in [0.2, 0.25) is 5.02 Å². The van der Waals surface area contributed by atoms with Crippen LogP contribution in [0.5, 0.6) is 0 Å². The van der Waals surface area contributed by atoms with Crippen LogP contribution in [0.25, 0.3) is 0 Å². The Morgan fingerprint density at radius 2 is 1.68 bits per heavy atom. The van der Waals surface area contributed by atoms with Crippen molar-refractivity contribution in [3.8, 4) is 0 Å². The maximum absolute atomic E-state index is 12.6. The minimum absolute atomic E-state index is 0.0592. The molecule has 0 unspecified atom stereocenters. The topological polar surface area (TPSA) is 78.5 Å². The van der Waals surface area contributed by atoms with Crippen molar-refractivity contribution in [1.29, 1.82) is 0 Å². The summed E-state index contributed by atoms with van der Waals surface area (Å²) in [7, 11) is -3.44. The number of halogens is 1. The van der Waals surface area contributed by atoms with E-state index in [1.165, 1.54) is 0 Å². The van der Waals surface area contributed by atoms with Gasteiger partial charge in [0, 0.05) is 29.5 Å². The molecule has 0 bridgehead atoms. The van der Waals surface area contributed by atoms with Gasteiger partial charge in [-0.05, 0) is 61.7 Å². The van der Waals surface area contributed by atoms with E-state index in [2.05, 4.69) is 10.6 Å². The normalized spacial score (nSPS) is 15.2. The number of amides is 1. The summed E-state index contributed by atoms with van der Waals surface area (Å²) in [4.78, 5) is 12.4. The summed E-state index contributed by atoms with van der Waals surface area (Å²) < 4.78 is 26.8. The molecule has 2 N–H and O–H groups in total. The van der Waals surface area contributed by atoms with Gasteiger partial charge in [0.05, 0.1) is 11.4 Å². The van der Waals surface area contributed by atoms with E-state index in [1.807, 2.05) is 13.0 Å². The van der Waals surface area contributed by atoms with Crippen LogP contribution in [0.4, 0.5) is 11.4 Å². The highest BCUT2D eigenvalue weighted by molar-refractivity contribution is 7.89. The second kappa shape index (κ2) is 8.94. The maximum atomic E-state index is 12.6. The molecule has 1 saturated heterocycles. The van der Waals surface area contributed by atoms with Gasteiger partial charge in [0.2, 0.25) is 15.9 Å². The Labute approximate surface area is 170 Å². The number of hydrogen-bond donors (Lipinski definition) is 2. The maximum Gasteiger partial charge on any atom is 0.243 e. The number of anilines is 2. The number of piperidine rings is 1. The highest BCUT2D eigenvalue weighted by atomic mass is 35.5. The van der Waals surface area contributed by atoms with Crippen molar-refractivity contribution in [1.82, 2.24) is 4.31 Å². The first kappa shape index (κ1) is 20.6. The van der Waals surface area contributed by atoms with Gasteiger partial charge in [-0.1, -0.05) is 24.1 Å². The summed E-state index contributed by atoms with van der Waals surface area (Å²) in [6, 6.07) is 11.8. The summed E-state index contributed by atoms with van der Waals surface area (Å²) in [5, 5.41) is 6.36. The lowest BCUT2D eigenvalue weighted by molar-refractivity contribution is -0.114. The molecule has 0 aliphatic carbocycles. The fourth-order valence-electron chi connectivity index (χ4n) is 3.06. The second-order valence-electron chi connectivity index (χ2n) is 6.85. The van der Waals surface area contributed by atoms with Crippen molar-refractivity contribution in [3.05, 3.63) is 53.1 Å². The minimum Gasteiger partial charge on any atom is -0.376 e. The summed E-state index contributed by atoms with van der Waals surface area (Å²) in [5.41, 5.74) is 2.25. The molecule has 1 fully saturated rings. The zero-order valence-electron chi connectivity index (χ0n) is 15.7. The average molecular weight is 422 g/mol. The predicted octanol–water partition coefficient (Wildman–Crippen LogP) is 3.87. The SMILES string of the molecule is Cc1ccc(NC(=O)CNc2ccc(S(=O)(=O)N3CCCCC3)cc2)cc1Cl. The Kier molecular flexibility index (Phi) is 6.59. The quantitative estimate of drug-likeness (QED) is 0.742. The molecule has 1 aliphatic rings. The van der Waals surface area contributed by atoms with Gasteiger partial charge in [0.25, 0.3) is 0 Å². The zero-order chi connectivity index (χ0) is 20.1. The third kappa shape index (κ3) is 5.04. The summed E-state index contributed by atoms with van der Waals surface area (Å²) in [6.07, 6.45) is 2.88. The van der Waals surface area contributed by atoms with Crippen LogP contribution in [0.1, 0.15) is 24.8 Å². The molecule has 2 aromatic rings. The number of nitrogens with zero attached hydrogens (tertiary/aromatic N) is 1. The Hall–Kier alpha value is -2.09. The Morgan fingerprint density at radius 1 is 1.04 bits per heavy atom. The molecular formula is C20H24ClN3O3S. The van der Waals surface area contributed by atoms with Gasteiger partial charge in [-0.2, -0.15) is 4.31 Å². The molecule has 8 heteroatoms. The molecule has 0 saturated carbocycles. The molecule has 150 valence electrons. The summed E-state index contributed by atoms with van der Waals surface area (Å²) in [6.45, 7) is 3.10. The van der Waals surface area contributed by atoms with Gasteiger partial charge >= 0.3 is 0 Å². The van der Waals surface area contributed by atoms with Crippen LogP contribution < -0.4 is 10.6 Å². The van der Waals surface area contributed by atoms with E-state index >= 15 is 0 Å². The monoisotopic (exact) mass is 421 g/mol. The molecule has 0 aromatic heterocycles. The molecule has 0 radical (unpaired) electrons. The number of hydrogen-bond acceptors (Lipinski definition) is 4. The van der Waals surface area contributed by atoms with Crippen molar-refractivity contribution < 1.29 is 13.2 Å². The van der Waals surface area contributed by atoms with E-state index in [0.29, 0.717) is 29.5 Å². The Balaban J connectivity index is 1.56. The first-order chi connectivity index (χ1) is 13.4. The fraction of sp³-hybridized carbons (Fsp3) is 0.350. The zero-order valence-corrected chi connectivity index (χ0v) is 17.3. The highest BCUT2D eigenvalue weighted by Crippen LogP contribution is 2.22. The molecule has 3 rings (SSSR count). The highest BCUT2D eigenvalue weighted by Gasteiger charge is 2.25. The molecular weight excluding hydrogens is 398 g/mol. The van der Waals surface area contributed by atoms with Gasteiger partial charge in [-0.15, -0.1) is 0 Å². The average Bonchev–Trinajstić information content (AvgIpc) is 2.70. The third-order valence-electron chi connectivity index (χ3n) is 4.72. The smallest absolute Gasteiger partial charge is 0.243 e. The Bertz CT molecular complexity index is 940. The van der Waals surface area contributed by atoms with Crippen LogP contribution in [-0.2, 0) is 14.8 Å². The fourth-order valence-corrected chi connectivity index (χ4v) is 4.75. The van der Waals surface area contributed by atoms with E-state index < -0.39 is 10.0 Å². The lowest BCUT2D eigenvalue weighted by Gasteiger charge is -2.25. The minimum atomic E-state index is -3.44. The number of carbonyl (C=O) groups is 1. The van der Waals surface area contributed by atoms with Gasteiger partial charge in [0.1, 0.15) is 0 Å². The lowest BCUT2D eigenvalue weighted by Crippen LogP contribution is -2.35. The standard InChI is InChI=1S/C20H24ClN3O3S/c1-15-5-6-17(13-19(15)21)23-20(25)14-22-16-7-9-18(10-8-16)28(26,27)24-11-3-2-4-12-24/h5-10,13,22H,2-4,11-12,14H2,1H3,(H,23,25). The molecule has 2 aromatic carbocycles. The van der Waals surface area contributed by atoms with E-state index in [-0.39, 0.29) is 17.3 Å². The number of rotatable bonds is 6. The summed E-state index contributed by atoms with van der Waals surface area (Å²) in [5.74, 6) is -0.218. The van der Waals surface area contributed by atoms with Crippen molar-refractivity contribution in [2.75, 3.05) is 30.3 Å². The largest absolute Gasteiger partial charge is 0.376 e. The van der Waals surface area contributed by atoms with Gasteiger partial charge in [-0.3, -0.25) is 4.79 Å². The predicted molar refractivity (Wildman–Crippen MR) is 112 cm³/mol. The van der Waals surface area contributed by atoms with Gasteiger partial charge in [-0.25, -0.2) is 8.42 Å². The number of nitrogens with one attached hydrogen (secondary N) is 2. The van der Waals surface area contributed by atoms with E-state index in [0.717, 1.165) is 24.8 Å². The number of benzene rings is 2. The van der Waals surface area contributed by atoms with E-state index in [4.69, 9.17) is 11.6 Å². The molecule has 28 heavy (non-hydrogen) atoms. The van der Waals surface area contributed by atoms with Crippen LogP contribution >= 0.6 is 11.6 Å². The number of sulfonamides is 1. The van der Waals surface area contributed by atoms with Crippen molar-refractivity contribution in [2.24, 2.45) is 0 Å². The molecule has 1 heterocycles. The molecule has 1 aliphatic heterocycles. The molecule has 0 atom stereocenters. The van der Waals surface area contributed by atoms with Crippen molar-refractivity contribution in [2.45, 2.75) is 31.1 Å². The number of carbonyl (C=O) groups excluding carboxylic acids is 1. The second-order valence-corrected chi connectivity index (χ2v) is 9.20. The van der Waals surface area contributed by atoms with E-state index in [1.54, 1.807) is 40.7 Å². The first-order valence-electron chi connectivity index (χ1n) is 9.26. The lowest BCUT2D eigenvalue weighted by atomic mass is 10.2. The molecule has 1 amide bonds. The van der Waals surface area contributed by atoms with Crippen LogP contribution in [0.3, 0.4) is 0 Å². The first-order valence-corrected chi connectivity index (χ1v) is 11.1.